The van der Waals surface area contributed by atoms with Crippen LogP contribution in [0.5, 0.6) is 0 Å². The zero-order valence-corrected chi connectivity index (χ0v) is 9.45. The molecular formula is C12H17NO3. The summed E-state index contributed by atoms with van der Waals surface area (Å²) in [5.74, 6) is 0.208. The van der Waals surface area contributed by atoms with Gasteiger partial charge >= 0.3 is 5.97 Å². The maximum atomic E-state index is 11.6. The topological polar surface area (TPSA) is 55.2 Å². The van der Waals surface area contributed by atoms with Crippen molar-refractivity contribution in [2.75, 3.05) is 6.61 Å². The minimum atomic E-state index is -0.327. The van der Waals surface area contributed by atoms with Crippen molar-refractivity contribution in [3.8, 4) is 0 Å². The van der Waals surface area contributed by atoms with Crippen molar-refractivity contribution in [2.45, 2.75) is 20.3 Å². The highest BCUT2D eigenvalue weighted by Gasteiger charge is 2.12. The van der Waals surface area contributed by atoms with Gasteiger partial charge in [-0.15, -0.1) is 0 Å². The molecule has 0 fully saturated rings. The number of hydrogen-bond donors (Lipinski definition) is 1. The SMILES string of the molecule is CC(C)CCOC(=O)c1cc2occc2[nH]1.[HH]. The molecule has 88 valence electrons. The molecule has 1 N–H and O–H groups in total. The number of hydrogen-bond acceptors (Lipinski definition) is 3. The third kappa shape index (κ3) is 2.27. The van der Waals surface area contributed by atoms with E-state index in [1.165, 1.54) is 0 Å². The van der Waals surface area contributed by atoms with E-state index in [0.717, 1.165) is 11.9 Å². The summed E-state index contributed by atoms with van der Waals surface area (Å²) >= 11 is 0. The Labute approximate surface area is 95.1 Å². The van der Waals surface area contributed by atoms with Crippen LogP contribution in [-0.2, 0) is 4.74 Å². The molecule has 2 heterocycles. The Morgan fingerprint density at radius 2 is 2.44 bits per heavy atom. The summed E-state index contributed by atoms with van der Waals surface area (Å²) in [6, 6.07) is 3.44. The number of carbonyl (C=O) groups is 1. The Morgan fingerprint density at radius 3 is 3.12 bits per heavy atom. The Hall–Kier alpha value is -1.71. The average Bonchev–Trinajstić information content (AvgIpc) is 2.75. The van der Waals surface area contributed by atoms with Crippen LogP contribution in [0, 0.1) is 5.92 Å². The second kappa shape index (κ2) is 4.43. The van der Waals surface area contributed by atoms with E-state index in [1.807, 2.05) is 0 Å². The Balaban J connectivity index is 0.00000144. The fraction of sp³-hybridized carbons (Fsp3) is 0.417. The molecule has 0 radical (unpaired) electrons. The molecule has 0 saturated heterocycles. The zero-order chi connectivity index (χ0) is 11.5. The van der Waals surface area contributed by atoms with Gasteiger partial charge in [-0.3, -0.25) is 0 Å². The molecule has 0 aliphatic carbocycles. The zero-order valence-electron chi connectivity index (χ0n) is 9.45. The van der Waals surface area contributed by atoms with E-state index in [0.29, 0.717) is 23.8 Å². The van der Waals surface area contributed by atoms with Crippen LogP contribution in [0.1, 0.15) is 32.2 Å². The van der Waals surface area contributed by atoms with Gasteiger partial charge in [0.25, 0.3) is 0 Å². The van der Waals surface area contributed by atoms with Crippen LogP contribution in [0.4, 0.5) is 0 Å². The van der Waals surface area contributed by atoms with Gasteiger partial charge in [0.05, 0.1) is 18.4 Å². The summed E-state index contributed by atoms with van der Waals surface area (Å²) in [7, 11) is 0. The predicted octanol–water partition coefficient (Wildman–Crippen LogP) is 3.21. The van der Waals surface area contributed by atoms with Gasteiger partial charge in [0.1, 0.15) is 5.69 Å². The lowest BCUT2D eigenvalue weighted by Crippen LogP contribution is -2.08. The van der Waals surface area contributed by atoms with Crippen molar-refractivity contribution in [1.29, 1.82) is 0 Å². The first kappa shape index (κ1) is 10.8. The lowest BCUT2D eigenvalue weighted by atomic mass is 10.1. The Kier molecular flexibility index (Phi) is 2.99. The highest BCUT2D eigenvalue weighted by Crippen LogP contribution is 2.16. The number of nitrogens with one attached hydrogen (secondary N) is 1. The van der Waals surface area contributed by atoms with Crippen molar-refractivity contribution in [2.24, 2.45) is 5.92 Å². The number of H-pyrrole nitrogens is 1. The molecule has 0 bridgehead atoms. The van der Waals surface area contributed by atoms with E-state index in [2.05, 4.69) is 18.8 Å². The first-order valence-electron chi connectivity index (χ1n) is 5.40. The molecule has 2 aromatic heterocycles. The summed E-state index contributed by atoms with van der Waals surface area (Å²) in [5, 5.41) is 0. The molecule has 0 saturated carbocycles. The van der Waals surface area contributed by atoms with Crippen LogP contribution in [-0.4, -0.2) is 17.6 Å². The number of carbonyl (C=O) groups excluding carboxylic acids is 1. The molecule has 0 aromatic carbocycles. The van der Waals surface area contributed by atoms with Crippen LogP contribution in [0.2, 0.25) is 0 Å². The molecule has 0 unspecified atom stereocenters. The Bertz CT molecular complexity index is 458. The van der Waals surface area contributed by atoms with Crippen molar-refractivity contribution in [1.82, 2.24) is 4.98 Å². The standard InChI is InChI=1S/C12H15NO3.H2/c1-8(2)3-5-16-12(14)10-7-11-9(13-10)4-6-15-11;/h4,6-8,13H,3,5H2,1-2H3;1H. The van der Waals surface area contributed by atoms with E-state index < -0.39 is 0 Å². The van der Waals surface area contributed by atoms with Crippen molar-refractivity contribution < 1.29 is 15.4 Å². The van der Waals surface area contributed by atoms with E-state index in [9.17, 15) is 4.79 Å². The minimum Gasteiger partial charge on any atom is -0.463 e. The number of esters is 1. The molecular weight excluding hydrogens is 206 g/mol. The highest BCUT2D eigenvalue weighted by molar-refractivity contribution is 5.93. The minimum absolute atomic E-state index is 0. The quantitative estimate of drug-likeness (QED) is 0.810. The molecule has 2 rings (SSSR count). The van der Waals surface area contributed by atoms with Crippen LogP contribution >= 0.6 is 0 Å². The second-order valence-corrected chi connectivity index (χ2v) is 4.20. The van der Waals surface area contributed by atoms with Crippen LogP contribution in [0.15, 0.2) is 22.8 Å². The maximum Gasteiger partial charge on any atom is 0.354 e. The first-order valence-corrected chi connectivity index (χ1v) is 5.40. The lowest BCUT2D eigenvalue weighted by Gasteiger charge is -2.05. The van der Waals surface area contributed by atoms with Crippen LogP contribution in [0.3, 0.4) is 0 Å². The monoisotopic (exact) mass is 223 g/mol. The van der Waals surface area contributed by atoms with E-state index in [1.54, 1.807) is 18.4 Å². The fourth-order valence-corrected chi connectivity index (χ4v) is 1.42. The summed E-state index contributed by atoms with van der Waals surface area (Å²) in [5.41, 5.74) is 1.93. The lowest BCUT2D eigenvalue weighted by molar-refractivity contribution is 0.0482. The summed E-state index contributed by atoms with van der Waals surface area (Å²) < 4.78 is 10.3. The number of aromatic amines is 1. The molecule has 0 atom stereocenters. The van der Waals surface area contributed by atoms with Gasteiger partial charge in [-0.25, -0.2) is 4.79 Å². The van der Waals surface area contributed by atoms with Gasteiger partial charge in [0.15, 0.2) is 5.58 Å². The van der Waals surface area contributed by atoms with Gasteiger partial charge < -0.3 is 14.1 Å². The third-order valence-electron chi connectivity index (χ3n) is 2.39. The second-order valence-electron chi connectivity index (χ2n) is 4.20. The highest BCUT2D eigenvalue weighted by atomic mass is 16.5. The normalized spacial score (nSPS) is 11.2. The third-order valence-corrected chi connectivity index (χ3v) is 2.39. The Morgan fingerprint density at radius 1 is 1.62 bits per heavy atom. The van der Waals surface area contributed by atoms with Crippen LogP contribution in [0.25, 0.3) is 11.1 Å². The average molecular weight is 223 g/mol. The van der Waals surface area contributed by atoms with E-state index in [-0.39, 0.29) is 7.40 Å². The van der Waals surface area contributed by atoms with Gasteiger partial charge in [-0.05, 0) is 12.3 Å². The fourth-order valence-electron chi connectivity index (χ4n) is 1.42. The molecule has 4 heteroatoms. The maximum absolute atomic E-state index is 11.6. The van der Waals surface area contributed by atoms with Gasteiger partial charge in [-0.2, -0.15) is 0 Å². The van der Waals surface area contributed by atoms with Gasteiger partial charge in [0, 0.05) is 13.6 Å². The molecule has 0 aliphatic rings. The number of fused-ring (bicyclic) bond motifs is 1. The molecule has 0 amide bonds. The van der Waals surface area contributed by atoms with E-state index >= 15 is 0 Å². The van der Waals surface area contributed by atoms with Crippen LogP contribution < -0.4 is 0 Å². The first-order chi connectivity index (χ1) is 7.66. The van der Waals surface area contributed by atoms with E-state index in [4.69, 9.17) is 9.15 Å². The molecule has 16 heavy (non-hydrogen) atoms. The number of furan rings is 1. The largest absolute Gasteiger partial charge is 0.463 e. The summed E-state index contributed by atoms with van der Waals surface area (Å²) in [6.45, 7) is 4.64. The molecule has 0 aliphatic heterocycles. The molecule has 0 spiro atoms. The number of aromatic nitrogens is 1. The summed E-state index contributed by atoms with van der Waals surface area (Å²) in [6.07, 6.45) is 2.46. The van der Waals surface area contributed by atoms with Crippen molar-refractivity contribution >= 4 is 17.1 Å². The number of rotatable bonds is 4. The van der Waals surface area contributed by atoms with Gasteiger partial charge in [-0.1, -0.05) is 13.8 Å². The van der Waals surface area contributed by atoms with Crippen molar-refractivity contribution in [3.63, 3.8) is 0 Å². The molecule has 4 nitrogen and oxygen atoms in total. The molecule has 2 aromatic rings. The van der Waals surface area contributed by atoms with Gasteiger partial charge in [0.2, 0.25) is 0 Å². The predicted molar refractivity (Wildman–Crippen MR) is 62.4 cm³/mol. The number of ether oxygens (including phenoxy) is 1. The smallest absolute Gasteiger partial charge is 0.354 e. The van der Waals surface area contributed by atoms with Crippen molar-refractivity contribution in [3.05, 3.63) is 24.1 Å². The summed E-state index contributed by atoms with van der Waals surface area (Å²) in [4.78, 5) is 14.5.